The molecule has 166 valence electrons. The molecule has 4 rings (SSSR count). The third-order valence-electron chi connectivity index (χ3n) is 5.57. The molecule has 4 N–H and O–H groups in total. The largest absolute Gasteiger partial charge is 0.457 e. The van der Waals surface area contributed by atoms with Crippen molar-refractivity contribution >= 4 is 17.8 Å². The molecule has 2 aromatic carbocycles. The van der Waals surface area contributed by atoms with Gasteiger partial charge in [-0.15, -0.1) is 0 Å². The average Bonchev–Trinajstić information content (AvgIpc) is 3.53. The fourth-order valence-electron chi connectivity index (χ4n) is 3.74. The third kappa shape index (κ3) is 5.46. The summed E-state index contributed by atoms with van der Waals surface area (Å²) >= 11 is 0. The summed E-state index contributed by atoms with van der Waals surface area (Å²) in [4.78, 5) is 24.5. The quantitative estimate of drug-likeness (QED) is 0.465. The average molecular weight is 434 g/mol. The van der Waals surface area contributed by atoms with Crippen LogP contribution in [0, 0.1) is 5.92 Å². The fourth-order valence-corrected chi connectivity index (χ4v) is 3.74. The molecule has 8 nitrogen and oxygen atoms in total. The molecule has 0 saturated heterocycles. The van der Waals surface area contributed by atoms with Crippen molar-refractivity contribution in [1.82, 2.24) is 15.1 Å². The van der Waals surface area contributed by atoms with E-state index in [1.807, 2.05) is 53.2 Å². The van der Waals surface area contributed by atoms with E-state index in [0.29, 0.717) is 28.8 Å². The zero-order valence-corrected chi connectivity index (χ0v) is 17.9. The third-order valence-corrected chi connectivity index (χ3v) is 5.57. The van der Waals surface area contributed by atoms with Gasteiger partial charge in [0, 0.05) is 6.07 Å². The number of nitrogens with zero attached hydrogens (tertiary/aromatic N) is 2. The van der Waals surface area contributed by atoms with Gasteiger partial charge in [0.25, 0.3) is 0 Å². The second kappa shape index (κ2) is 9.55. The van der Waals surface area contributed by atoms with Gasteiger partial charge in [0.2, 0.25) is 5.91 Å². The van der Waals surface area contributed by atoms with Crippen LogP contribution in [0.5, 0.6) is 11.5 Å². The number of ether oxygens (including phenoxy) is 1. The van der Waals surface area contributed by atoms with Crippen LogP contribution in [-0.4, -0.2) is 21.7 Å². The van der Waals surface area contributed by atoms with E-state index in [2.05, 4.69) is 22.7 Å². The highest BCUT2D eigenvalue weighted by atomic mass is 16.5. The number of primary amides is 1. The van der Waals surface area contributed by atoms with Crippen LogP contribution in [0.25, 0.3) is 0 Å². The first-order valence-corrected chi connectivity index (χ1v) is 10.7. The van der Waals surface area contributed by atoms with Gasteiger partial charge in [0.05, 0.1) is 24.7 Å². The molecule has 0 bridgehead atoms. The minimum Gasteiger partial charge on any atom is -0.457 e. The Labute approximate surface area is 186 Å². The van der Waals surface area contributed by atoms with E-state index < -0.39 is 12.1 Å². The summed E-state index contributed by atoms with van der Waals surface area (Å²) in [5, 5.41) is 9.95. The summed E-state index contributed by atoms with van der Waals surface area (Å²) in [5.74, 6) is 2.29. The van der Waals surface area contributed by atoms with Crippen LogP contribution in [0.2, 0.25) is 0 Å². The second-order valence-electron chi connectivity index (χ2n) is 8.04. The van der Waals surface area contributed by atoms with E-state index in [1.54, 1.807) is 18.3 Å². The molecule has 0 aliphatic heterocycles. The molecule has 1 aliphatic rings. The number of nitrogens with two attached hydrogens (primary N) is 1. The minimum atomic E-state index is -0.704. The Morgan fingerprint density at radius 1 is 1.12 bits per heavy atom. The van der Waals surface area contributed by atoms with Gasteiger partial charge in [-0.3, -0.25) is 4.79 Å². The number of amides is 3. The molecular weight excluding hydrogens is 406 g/mol. The number of hydrogen-bond acceptors (Lipinski definition) is 4. The maximum Gasteiger partial charge on any atom is 0.312 e. The maximum atomic E-state index is 12.8. The molecule has 1 saturated carbocycles. The van der Waals surface area contributed by atoms with E-state index in [-0.39, 0.29) is 18.4 Å². The number of aromatic nitrogens is 2. The molecule has 8 heteroatoms. The highest BCUT2D eigenvalue weighted by Gasteiger charge is 2.31. The van der Waals surface area contributed by atoms with Crippen LogP contribution >= 0.6 is 0 Å². The number of carbonyl (C=O) groups excluding carboxylic acids is 2. The summed E-state index contributed by atoms with van der Waals surface area (Å²) in [6, 6.07) is 17.3. The first kappa shape index (κ1) is 21.4. The van der Waals surface area contributed by atoms with Gasteiger partial charge in [-0.05, 0) is 55.5 Å². The van der Waals surface area contributed by atoms with Gasteiger partial charge in [0.15, 0.2) is 0 Å². The fraction of sp³-hybridized carbons (Fsp3) is 0.292. The first-order chi connectivity index (χ1) is 15.5. The molecule has 1 heterocycles. The number of para-hydroxylation sites is 1. The first-order valence-electron chi connectivity index (χ1n) is 10.7. The summed E-state index contributed by atoms with van der Waals surface area (Å²) in [6.45, 7) is 2.11. The van der Waals surface area contributed by atoms with Gasteiger partial charge >= 0.3 is 6.03 Å². The van der Waals surface area contributed by atoms with Crippen molar-refractivity contribution in [2.75, 3.05) is 5.32 Å². The van der Waals surface area contributed by atoms with Crippen molar-refractivity contribution in [3.63, 3.8) is 0 Å². The van der Waals surface area contributed by atoms with Gasteiger partial charge in [0.1, 0.15) is 17.3 Å². The van der Waals surface area contributed by atoms with E-state index >= 15 is 0 Å². The summed E-state index contributed by atoms with van der Waals surface area (Å²) < 4.78 is 7.73. The smallest absolute Gasteiger partial charge is 0.312 e. The second-order valence-corrected chi connectivity index (χ2v) is 8.04. The Hall–Kier alpha value is -3.81. The number of rotatable bonds is 9. The van der Waals surface area contributed by atoms with Crippen LogP contribution < -0.4 is 21.1 Å². The SMILES string of the molecule is CC(C1CC1)n1nccc1NC(=O)CC(NC(N)=O)c1cccc(Oc2ccccc2)c1. The molecule has 3 amide bonds. The van der Waals surface area contributed by atoms with Crippen LogP contribution in [0.15, 0.2) is 66.9 Å². The Morgan fingerprint density at radius 3 is 2.59 bits per heavy atom. The van der Waals surface area contributed by atoms with Crippen LogP contribution in [0.1, 0.15) is 43.8 Å². The number of carbonyl (C=O) groups is 2. The standard InChI is InChI=1S/C24H27N5O3/c1-16(17-10-11-17)29-22(12-13-26-29)28-23(30)15-21(27-24(25)31)18-6-5-9-20(14-18)32-19-7-3-2-4-8-19/h2-9,12-14,16-17,21H,10-11,15H2,1H3,(H,28,30)(H3,25,27,31). The lowest BCUT2D eigenvalue weighted by atomic mass is 10.0. The number of nitrogens with one attached hydrogen (secondary N) is 2. The Kier molecular flexibility index (Phi) is 6.39. The Bertz CT molecular complexity index is 1080. The van der Waals surface area contributed by atoms with Crippen molar-refractivity contribution in [3.05, 3.63) is 72.4 Å². The predicted molar refractivity (Wildman–Crippen MR) is 121 cm³/mol. The summed E-state index contributed by atoms with van der Waals surface area (Å²) in [7, 11) is 0. The van der Waals surface area contributed by atoms with Crippen molar-refractivity contribution < 1.29 is 14.3 Å². The lowest BCUT2D eigenvalue weighted by Gasteiger charge is -2.20. The zero-order chi connectivity index (χ0) is 22.5. The molecule has 1 fully saturated rings. The summed E-state index contributed by atoms with van der Waals surface area (Å²) in [5.41, 5.74) is 6.10. The molecule has 0 radical (unpaired) electrons. The van der Waals surface area contributed by atoms with E-state index in [4.69, 9.17) is 10.5 Å². The maximum absolute atomic E-state index is 12.8. The lowest BCUT2D eigenvalue weighted by Crippen LogP contribution is -2.35. The Morgan fingerprint density at radius 2 is 1.88 bits per heavy atom. The van der Waals surface area contributed by atoms with E-state index in [0.717, 1.165) is 0 Å². The van der Waals surface area contributed by atoms with Crippen molar-refractivity contribution in [1.29, 1.82) is 0 Å². The van der Waals surface area contributed by atoms with Crippen LogP contribution in [0.4, 0.5) is 10.6 Å². The number of hydrogen-bond donors (Lipinski definition) is 3. The topological polar surface area (TPSA) is 111 Å². The van der Waals surface area contributed by atoms with Crippen molar-refractivity contribution in [2.24, 2.45) is 11.7 Å². The summed E-state index contributed by atoms with van der Waals surface area (Å²) in [6.07, 6.45) is 4.06. The Balaban J connectivity index is 1.47. The van der Waals surface area contributed by atoms with E-state index in [9.17, 15) is 9.59 Å². The molecule has 32 heavy (non-hydrogen) atoms. The molecular formula is C24H27N5O3. The minimum absolute atomic E-state index is 0.0146. The predicted octanol–water partition coefficient (Wildman–Crippen LogP) is 4.38. The van der Waals surface area contributed by atoms with Gasteiger partial charge < -0.3 is 21.1 Å². The van der Waals surface area contributed by atoms with Crippen LogP contribution in [0.3, 0.4) is 0 Å². The normalized spacial score (nSPS) is 14.9. The van der Waals surface area contributed by atoms with Gasteiger partial charge in [-0.2, -0.15) is 5.10 Å². The van der Waals surface area contributed by atoms with Crippen molar-refractivity contribution in [2.45, 2.75) is 38.3 Å². The lowest BCUT2D eigenvalue weighted by molar-refractivity contribution is -0.116. The van der Waals surface area contributed by atoms with E-state index in [1.165, 1.54) is 12.8 Å². The molecule has 2 atom stereocenters. The zero-order valence-electron chi connectivity index (χ0n) is 17.9. The highest BCUT2D eigenvalue weighted by molar-refractivity contribution is 5.90. The molecule has 0 spiro atoms. The molecule has 2 unspecified atom stereocenters. The van der Waals surface area contributed by atoms with Gasteiger partial charge in [-0.1, -0.05) is 30.3 Å². The van der Waals surface area contributed by atoms with Crippen LogP contribution in [-0.2, 0) is 4.79 Å². The molecule has 1 aromatic heterocycles. The molecule has 1 aliphatic carbocycles. The number of anilines is 1. The number of benzene rings is 2. The monoisotopic (exact) mass is 433 g/mol. The van der Waals surface area contributed by atoms with Crippen molar-refractivity contribution in [3.8, 4) is 11.5 Å². The highest BCUT2D eigenvalue weighted by Crippen LogP contribution is 2.40. The molecule has 3 aromatic rings. The van der Waals surface area contributed by atoms with Gasteiger partial charge in [-0.25, -0.2) is 9.48 Å². The number of urea groups is 1.